The fraction of sp³-hybridized carbons (Fsp3) is 0. The molecule has 1 aromatic heterocycles. The monoisotopic (exact) mass is 276 g/mol. The minimum absolute atomic E-state index is 0. The Morgan fingerprint density at radius 2 is 2.20 bits per heavy atom. The Balaban J connectivity index is 0.000000810. The van der Waals surface area contributed by atoms with Crippen LogP contribution in [-0.2, 0) is 0 Å². The molecule has 0 N–H and O–H groups in total. The maximum Gasteiger partial charge on any atom is 1.00 e. The third-order valence-corrected chi connectivity index (χ3v) is 1.35. The van der Waals surface area contributed by atoms with Gasteiger partial charge in [-0.2, -0.15) is 0 Å². The standard InChI is InChI=1S/C5H3IO3.K/c6-4-2-1-3(9-4)5(7)8;/h1-2H,(H,7,8);/q;+1/p-1. The van der Waals surface area contributed by atoms with E-state index in [2.05, 4.69) is 4.42 Å². The van der Waals surface area contributed by atoms with Gasteiger partial charge in [0.05, 0.1) is 0 Å². The summed E-state index contributed by atoms with van der Waals surface area (Å²) in [7, 11) is 0. The van der Waals surface area contributed by atoms with Crippen molar-refractivity contribution in [2.24, 2.45) is 0 Å². The number of halogens is 1. The van der Waals surface area contributed by atoms with Crippen molar-refractivity contribution in [2.75, 3.05) is 0 Å². The van der Waals surface area contributed by atoms with Crippen molar-refractivity contribution < 1.29 is 65.7 Å². The maximum atomic E-state index is 10.0. The number of carboxylic acid groups (broad SMARTS) is 1. The van der Waals surface area contributed by atoms with E-state index in [0.717, 1.165) is 0 Å². The second kappa shape index (κ2) is 4.89. The zero-order valence-corrected chi connectivity index (χ0v) is 10.5. The van der Waals surface area contributed by atoms with E-state index >= 15 is 0 Å². The zero-order chi connectivity index (χ0) is 6.85. The minimum Gasteiger partial charge on any atom is -0.542 e. The van der Waals surface area contributed by atoms with Gasteiger partial charge in [-0.3, -0.25) is 0 Å². The van der Waals surface area contributed by atoms with E-state index in [0.29, 0.717) is 3.77 Å². The molecule has 0 aliphatic rings. The third-order valence-electron chi connectivity index (χ3n) is 0.774. The Kier molecular flexibility index (Phi) is 5.43. The zero-order valence-electron chi connectivity index (χ0n) is 5.26. The minimum atomic E-state index is -1.28. The van der Waals surface area contributed by atoms with Crippen molar-refractivity contribution >= 4 is 28.6 Å². The van der Waals surface area contributed by atoms with Crippen molar-refractivity contribution in [3.8, 4) is 0 Å². The average molecular weight is 276 g/mol. The molecule has 48 valence electrons. The molecule has 0 spiro atoms. The molecule has 0 saturated carbocycles. The quantitative estimate of drug-likeness (QED) is 0.413. The fourth-order valence-corrected chi connectivity index (χ4v) is 0.841. The van der Waals surface area contributed by atoms with Gasteiger partial charge >= 0.3 is 51.4 Å². The van der Waals surface area contributed by atoms with Gasteiger partial charge in [0.25, 0.3) is 0 Å². The number of carbonyl (C=O) groups excluding carboxylic acids is 1. The molecule has 0 aromatic carbocycles. The van der Waals surface area contributed by atoms with Crippen LogP contribution < -0.4 is 56.5 Å². The normalized spacial score (nSPS) is 8.50. The molecule has 0 amide bonds. The SMILES string of the molecule is O=C([O-])c1ccc(I)o1.[K+]. The molecule has 1 rings (SSSR count). The molecule has 5 heteroatoms. The smallest absolute Gasteiger partial charge is 0.542 e. The van der Waals surface area contributed by atoms with Gasteiger partial charge in [0.2, 0.25) is 0 Å². The number of carboxylic acids is 1. The summed E-state index contributed by atoms with van der Waals surface area (Å²) in [5, 5.41) is 10.0. The van der Waals surface area contributed by atoms with Crippen LogP contribution in [0, 0.1) is 3.77 Å². The largest absolute Gasteiger partial charge is 1.00 e. The molecule has 1 heterocycles. The predicted molar refractivity (Wildman–Crippen MR) is 35.8 cm³/mol. The van der Waals surface area contributed by atoms with Crippen LogP contribution in [0.2, 0.25) is 0 Å². The van der Waals surface area contributed by atoms with E-state index in [1.807, 2.05) is 22.6 Å². The van der Waals surface area contributed by atoms with Gasteiger partial charge in [0.1, 0.15) is 5.97 Å². The van der Waals surface area contributed by atoms with Gasteiger partial charge in [-0.25, -0.2) is 0 Å². The summed E-state index contributed by atoms with van der Waals surface area (Å²) in [5.41, 5.74) is 0. The number of hydrogen-bond donors (Lipinski definition) is 0. The van der Waals surface area contributed by atoms with Crippen molar-refractivity contribution in [1.82, 2.24) is 0 Å². The van der Waals surface area contributed by atoms with Crippen molar-refractivity contribution in [3.63, 3.8) is 0 Å². The summed E-state index contributed by atoms with van der Waals surface area (Å²) in [6, 6.07) is 2.92. The van der Waals surface area contributed by atoms with Gasteiger partial charge in [0, 0.05) is 0 Å². The summed E-state index contributed by atoms with van der Waals surface area (Å²) in [4.78, 5) is 10.0. The summed E-state index contributed by atoms with van der Waals surface area (Å²) in [6.45, 7) is 0. The molecule has 0 saturated heterocycles. The molecule has 3 nitrogen and oxygen atoms in total. The second-order valence-electron chi connectivity index (χ2n) is 1.39. The van der Waals surface area contributed by atoms with Crippen LogP contribution in [-0.4, -0.2) is 5.97 Å². The molecule has 0 fully saturated rings. The summed E-state index contributed by atoms with van der Waals surface area (Å²) in [5.74, 6) is -1.41. The van der Waals surface area contributed by atoms with Gasteiger partial charge in [-0.15, -0.1) is 0 Å². The summed E-state index contributed by atoms with van der Waals surface area (Å²) >= 11 is 1.88. The Hall–Kier alpha value is 1.12. The van der Waals surface area contributed by atoms with Crippen LogP contribution >= 0.6 is 22.6 Å². The number of rotatable bonds is 1. The summed E-state index contributed by atoms with van der Waals surface area (Å²) < 4.78 is 5.22. The van der Waals surface area contributed by atoms with E-state index in [-0.39, 0.29) is 57.1 Å². The van der Waals surface area contributed by atoms with Crippen LogP contribution in [0.25, 0.3) is 0 Å². The molecule has 0 bridgehead atoms. The van der Waals surface area contributed by atoms with Gasteiger partial charge in [-0.1, -0.05) is 0 Å². The molecule has 1 aromatic rings. The molecule has 0 aliphatic heterocycles. The van der Waals surface area contributed by atoms with Crippen molar-refractivity contribution in [3.05, 3.63) is 21.7 Å². The van der Waals surface area contributed by atoms with Gasteiger partial charge < -0.3 is 14.3 Å². The Morgan fingerprint density at radius 3 is 2.40 bits per heavy atom. The second-order valence-corrected chi connectivity index (χ2v) is 2.45. The Morgan fingerprint density at radius 1 is 1.60 bits per heavy atom. The van der Waals surface area contributed by atoms with Crippen LogP contribution in [0.4, 0.5) is 0 Å². The third kappa shape index (κ3) is 3.01. The van der Waals surface area contributed by atoms with Crippen molar-refractivity contribution in [1.29, 1.82) is 0 Å². The molecule has 0 radical (unpaired) electrons. The predicted octanol–water partition coefficient (Wildman–Crippen LogP) is -2.75. The van der Waals surface area contributed by atoms with E-state index in [4.69, 9.17) is 0 Å². The number of aromatic carboxylic acids is 1. The first-order chi connectivity index (χ1) is 4.20. The van der Waals surface area contributed by atoms with E-state index in [9.17, 15) is 9.90 Å². The van der Waals surface area contributed by atoms with E-state index < -0.39 is 5.97 Å². The van der Waals surface area contributed by atoms with E-state index in [1.165, 1.54) is 6.07 Å². The number of hydrogen-bond acceptors (Lipinski definition) is 3. The van der Waals surface area contributed by atoms with Gasteiger partial charge in [-0.05, 0) is 34.7 Å². The van der Waals surface area contributed by atoms with Crippen LogP contribution in [0.15, 0.2) is 16.5 Å². The van der Waals surface area contributed by atoms with Crippen LogP contribution in [0.3, 0.4) is 0 Å². The molecule has 0 atom stereocenters. The summed E-state index contributed by atoms with van der Waals surface area (Å²) in [6.07, 6.45) is 0. The topological polar surface area (TPSA) is 53.3 Å². The number of furan rings is 1. The molecule has 10 heavy (non-hydrogen) atoms. The first-order valence-corrected chi connectivity index (χ1v) is 3.24. The maximum absolute atomic E-state index is 10.0. The fourth-order valence-electron chi connectivity index (χ4n) is 0.424. The van der Waals surface area contributed by atoms with Crippen LogP contribution in [0.1, 0.15) is 10.6 Å². The van der Waals surface area contributed by atoms with Gasteiger partial charge in [0.15, 0.2) is 9.53 Å². The molecule has 0 unspecified atom stereocenters. The Labute approximate surface area is 114 Å². The first-order valence-electron chi connectivity index (χ1n) is 2.17. The van der Waals surface area contributed by atoms with Crippen molar-refractivity contribution in [2.45, 2.75) is 0 Å². The average Bonchev–Trinajstić information content (AvgIpc) is 2.14. The number of carbonyl (C=O) groups is 1. The van der Waals surface area contributed by atoms with E-state index in [1.54, 1.807) is 6.07 Å². The molecular formula is C5H2IKO3. The molecule has 0 aliphatic carbocycles. The Bertz CT molecular complexity index is 233. The van der Waals surface area contributed by atoms with Crippen LogP contribution in [0.5, 0.6) is 0 Å². The molecular weight excluding hydrogens is 274 g/mol. The first kappa shape index (κ1) is 11.1.